The van der Waals surface area contributed by atoms with Crippen LogP contribution in [0.25, 0.3) is 0 Å². The molecule has 0 aliphatic rings. The van der Waals surface area contributed by atoms with Gasteiger partial charge in [0.1, 0.15) is 0 Å². The molecule has 1 nitrogen and oxygen atoms in total. The van der Waals surface area contributed by atoms with E-state index in [1.54, 1.807) is 0 Å². The van der Waals surface area contributed by atoms with E-state index in [4.69, 9.17) is 4.74 Å². The molecule has 0 bridgehead atoms. The van der Waals surface area contributed by atoms with Crippen LogP contribution in [0.4, 0.5) is 0 Å². The van der Waals surface area contributed by atoms with Crippen LogP contribution in [0.15, 0.2) is 24.3 Å². The molecule has 0 aliphatic carbocycles. The van der Waals surface area contributed by atoms with Gasteiger partial charge < -0.3 is 4.74 Å². The van der Waals surface area contributed by atoms with Gasteiger partial charge in [0.2, 0.25) is 0 Å². The highest BCUT2D eigenvalue weighted by Gasteiger charge is 2.15. The molecule has 2 heteroatoms. The molecule has 1 unspecified atom stereocenters. The summed E-state index contributed by atoms with van der Waals surface area (Å²) in [6.45, 7) is 9.46. The number of hydrogen-bond donors (Lipinski definition) is 0. The fourth-order valence-electron chi connectivity index (χ4n) is 1.63. The van der Waals surface area contributed by atoms with E-state index in [1.165, 1.54) is 11.1 Å². The second-order valence-corrected chi connectivity index (χ2v) is 5.62. The quantitative estimate of drug-likeness (QED) is 0.742. The summed E-state index contributed by atoms with van der Waals surface area (Å²) in [5, 5.41) is 0.843. The second kappa shape index (κ2) is 5.83. The molecule has 0 saturated carbocycles. The minimum Gasteiger partial charge on any atom is -0.373 e. The average Bonchev–Trinajstić information content (AvgIpc) is 2.25. The van der Waals surface area contributed by atoms with Gasteiger partial charge in [-0.2, -0.15) is 0 Å². The lowest BCUT2D eigenvalue weighted by molar-refractivity contribution is 0.0806. The Labute approximate surface area is 107 Å². The molecule has 0 spiro atoms. The Hall–Kier alpha value is -0.340. The third kappa shape index (κ3) is 3.60. The Morgan fingerprint density at radius 2 is 1.75 bits per heavy atom. The van der Waals surface area contributed by atoms with E-state index in [2.05, 4.69) is 61.0 Å². The molecule has 0 fully saturated rings. The number of benzene rings is 1. The van der Waals surface area contributed by atoms with E-state index in [0.29, 0.717) is 0 Å². The van der Waals surface area contributed by atoms with Gasteiger partial charge in [-0.05, 0) is 23.5 Å². The standard InChI is InChI=1S/C14H21BrO/c1-5-16-13(10-15)11-6-8-12(9-7-11)14(2,3)4/h6-9,13H,5,10H2,1-4H3. The number of hydrogen-bond acceptors (Lipinski definition) is 1. The third-order valence-corrected chi connectivity index (χ3v) is 3.24. The molecule has 90 valence electrons. The lowest BCUT2D eigenvalue weighted by Crippen LogP contribution is -2.12. The molecule has 0 aliphatic heterocycles. The van der Waals surface area contributed by atoms with Crippen molar-refractivity contribution in [2.45, 2.75) is 39.2 Å². The van der Waals surface area contributed by atoms with Crippen molar-refractivity contribution in [2.24, 2.45) is 0 Å². The maximum atomic E-state index is 5.66. The molecule has 0 heterocycles. The van der Waals surface area contributed by atoms with Crippen LogP contribution in [0, 0.1) is 0 Å². The number of ether oxygens (including phenoxy) is 1. The summed E-state index contributed by atoms with van der Waals surface area (Å²) >= 11 is 3.49. The van der Waals surface area contributed by atoms with Gasteiger partial charge in [0.15, 0.2) is 0 Å². The molecular weight excluding hydrogens is 264 g/mol. The zero-order chi connectivity index (χ0) is 12.2. The summed E-state index contributed by atoms with van der Waals surface area (Å²) in [6, 6.07) is 8.73. The van der Waals surface area contributed by atoms with E-state index in [9.17, 15) is 0 Å². The minimum atomic E-state index is 0.166. The van der Waals surface area contributed by atoms with Gasteiger partial charge in [-0.1, -0.05) is 61.0 Å². The van der Waals surface area contributed by atoms with Gasteiger partial charge in [0.25, 0.3) is 0 Å². The fourth-order valence-corrected chi connectivity index (χ4v) is 2.19. The van der Waals surface area contributed by atoms with E-state index >= 15 is 0 Å². The first-order chi connectivity index (χ1) is 7.49. The normalized spacial score (nSPS) is 13.8. The molecule has 0 amide bonds. The van der Waals surface area contributed by atoms with Gasteiger partial charge >= 0.3 is 0 Å². The van der Waals surface area contributed by atoms with Crippen LogP contribution in [-0.2, 0) is 10.2 Å². The molecule has 1 aromatic rings. The van der Waals surface area contributed by atoms with Gasteiger partial charge in [-0.25, -0.2) is 0 Å². The molecule has 1 rings (SSSR count). The largest absolute Gasteiger partial charge is 0.373 e. The molecule has 16 heavy (non-hydrogen) atoms. The first kappa shape index (κ1) is 13.7. The van der Waals surface area contributed by atoms with Crippen molar-refractivity contribution in [3.05, 3.63) is 35.4 Å². The molecule has 0 radical (unpaired) electrons. The maximum Gasteiger partial charge on any atom is 0.0921 e. The SMILES string of the molecule is CCOC(CBr)c1ccc(C(C)(C)C)cc1. The van der Waals surface area contributed by atoms with E-state index in [0.717, 1.165) is 11.9 Å². The zero-order valence-electron chi connectivity index (χ0n) is 10.6. The van der Waals surface area contributed by atoms with Crippen molar-refractivity contribution in [3.8, 4) is 0 Å². The van der Waals surface area contributed by atoms with Crippen LogP contribution in [0.1, 0.15) is 44.9 Å². The smallest absolute Gasteiger partial charge is 0.0921 e. The topological polar surface area (TPSA) is 9.23 Å². The van der Waals surface area contributed by atoms with Crippen LogP contribution >= 0.6 is 15.9 Å². The highest BCUT2D eigenvalue weighted by molar-refractivity contribution is 9.09. The van der Waals surface area contributed by atoms with Crippen LogP contribution in [-0.4, -0.2) is 11.9 Å². The average molecular weight is 285 g/mol. The monoisotopic (exact) mass is 284 g/mol. The van der Waals surface area contributed by atoms with Crippen molar-refractivity contribution >= 4 is 15.9 Å². The van der Waals surface area contributed by atoms with Crippen molar-refractivity contribution in [3.63, 3.8) is 0 Å². The molecule has 0 saturated heterocycles. The van der Waals surface area contributed by atoms with Crippen molar-refractivity contribution in [1.82, 2.24) is 0 Å². The highest BCUT2D eigenvalue weighted by Crippen LogP contribution is 2.25. The van der Waals surface area contributed by atoms with E-state index in [1.807, 2.05) is 6.92 Å². The van der Waals surface area contributed by atoms with Crippen molar-refractivity contribution in [1.29, 1.82) is 0 Å². The summed E-state index contributed by atoms with van der Waals surface area (Å²) in [6.07, 6.45) is 0.166. The lowest BCUT2D eigenvalue weighted by atomic mass is 9.86. The minimum absolute atomic E-state index is 0.166. The lowest BCUT2D eigenvalue weighted by Gasteiger charge is -2.21. The van der Waals surface area contributed by atoms with Gasteiger partial charge in [0, 0.05) is 11.9 Å². The first-order valence-corrected chi connectivity index (χ1v) is 6.89. The summed E-state index contributed by atoms with van der Waals surface area (Å²) in [4.78, 5) is 0. The maximum absolute atomic E-state index is 5.66. The summed E-state index contributed by atoms with van der Waals surface area (Å²) < 4.78 is 5.66. The highest BCUT2D eigenvalue weighted by atomic mass is 79.9. The number of alkyl halides is 1. The first-order valence-electron chi connectivity index (χ1n) is 5.77. The number of halogens is 1. The third-order valence-electron chi connectivity index (χ3n) is 2.66. The van der Waals surface area contributed by atoms with E-state index < -0.39 is 0 Å². The van der Waals surface area contributed by atoms with Crippen LogP contribution in [0.2, 0.25) is 0 Å². The van der Waals surface area contributed by atoms with Crippen LogP contribution in [0.3, 0.4) is 0 Å². The Bertz CT molecular complexity index is 311. The number of rotatable bonds is 4. The Balaban J connectivity index is 2.85. The summed E-state index contributed by atoms with van der Waals surface area (Å²) in [5.41, 5.74) is 2.82. The summed E-state index contributed by atoms with van der Waals surface area (Å²) in [5.74, 6) is 0. The van der Waals surface area contributed by atoms with Crippen LogP contribution in [0.5, 0.6) is 0 Å². The Kier molecular flexibility index (Phi) is 5.00. The van der Waals surface area contributed by atoms with Gasteiger partial charge in [-0.15, -0.1) is 0 Å². The zero-order valence-corrected chi connectivity index (χ0v) is 12.2. The predicted molar refractivity (Wildman–Crippen MR) is 73.3 cm³/mol. The van der Waals surface area contributed by atoms with Crippen molar-refractivity contribution in [2.75, 3.05) is 11.9 Å². The molecule has 0 aromatic heterocycles. The predicted octanol–water partition coefficient (Wildman–Crippen LogP) is 4.46. The molecular formula is C14H21BrO. The van der Waals surface area contributed by atoms with Crippen LogP contribution < -0.4 is 0 Å². The van der Waals surface area contributed by atoms with Gasteiger partial charge in [-0.3, -0.25) is 0 Å². The Morgan fingerprint density at radius 1 is 1.19 bits per heavy atom. The molecule has 1 atom stereocenters. The molecule has 1 aromatic carbocycles. The van der Waals surface area contributed by atoms with Crippen molar-refractivity contribution < 1.29 is 4.74 Å². The van der Waals surface area contributed by atoms with Gasteiger partial charge in [0.05, 0.1) is 6.10 Å². The fraction of sp³-hybridized carbons (Fsp3) is 0.571. The van der Waals surface area contributed by atoms with E-state index in [-0.39, 0.29) is 11.5 Å². The summed E-state index contributed by atoms with van der Waals surface area (Å²) in [7, 11) is 0. The Morgan fingerprint density at radius 3 is 2.12 bits per heavy atom. The molecule has 0 N–H and O–H groups in total. The second-order valence-electron chi connectivity index (χ2n) is 4.97.